The van der Waals surface area contributed by atoms with Gasteiger partial charge < -0.3 is 4.98 Å². The number of hydrogen-bond donors (Lipinski definition) is 1. The van der Waals surface area contributed by atoms with Gasteiger partial charge in [0.05, 0.1) is 10.9 Å². The maximum Gasteiger partial charge on any atom is 0.243 e. The molecule has 1 unspecified atom stereocenters. The number of halogens is 1. The van der Waals surface area contributed by atoms with Crippen molar-refractivity contribution in [2.24, 2.45) is 5.92 Å². The minimum Gasteiger partial charge on any atom is -0.357 e. The van der Waals surface area contributed by atoms with Crippen LogP contribution in [-0.4, -0.2) is 24.3 Å². The molecule has 0 bridgehead atoms. The van der Waals surface area contributed by atoms with Crippen LogP contribution in [0.5, 0.6) is 0 Å². The molecular formula is C20H21ClN2O2S. The molecule has 26 heavy (non-hydrogen) atoms. The number of H-pyrrole nitrogens is 1. The second kappa shape index (κ2) is 6.41. The zero-order valence-electron chi connectivity index (χ0n) is 14.7. The lowest BCUT2D eigenvalue weighted by Crippen LogP contribution is -2.42. The van der Waals surface area contributed by atoms with E-state index < -0.39 is 10.0 Å². The maximum atomic E-state index is 13.3. The Morgan fingerprint density at radius 3 is 2.50 bits per heavy atom. The zero-order valence-corrected chi connectivity index (χ0v) is 16.3. The van der Waals surface area contributed by atoms with Crippen molar-refractivity contribution in [3.63, 3.8) is 0 Å². The smallest absolute Gasteiger partial charge is 0.243 e. The Morgan fingerprint density at radius 1 is 1.12 bits per heavy atom. The Kier molecular flexibility index (Phi) is 4.34. The molecule has 0 amide bonds. The van der Waals surface area contributed by atoms with E-state index in [0.717, 1.165) is 11.2 Å². The summed E-state index contributed by atoms with van der Waals surface area (Å²) in [6, 6.07) is 14.4. The maximum absolute atomic E-state index is 13.3. The number of para-hydroxylation sites is 1. The summed E-state index contributed by atoms with van der Waals surface area (Å²) in [5, 5.41) is 1.72. The highest BCUT2D eigenvalue weighted by atomic mass is 35.5. The Labute approximate surface area is 158 Å². The van der Waals surface area contributed by atoms with E-state index in [1.165, 1.54) is 10.9 Å². The fraction of sp³-hybridized carbons (Fsp3) is 0.300. The molecule has 0 aliphatic carbocycles. The van der Waals surface area contributed by atoms with Crippen LogP contribution in [0.2, 0.25) is 5.02 Å². The molecule has 1 aliphatic rings. The Bertz CT molecular complexity index is 1060. The summed E-state index contributed by atoms with van der Waals surface area (Å²) in [5.74, 6) is 0.143. The number of aromatic amines is 1. The van der Waals surface area contributed by atoms with Crippen LogP contribution in [-0.2, 0) is 16.4 Å². The zero-order chi connectivity index (χ0) is 18.5. The molecule has 0 radical (unpaired) electrons. The fourth-order valence-electron chi connectivity index (χ4n) is 3.93. The van der Waals surface area contributed by atoms with Gasteiger partial charge >= 0.3 is 0 Å². The van der Waals surface area contributed by atoms with Gasteiger partial charge in [-0.3, -0.25) is 0 Å². The minimum atomic E-state index is -3.60. The van der Waals surface area contributed by atoms with Crippen LogP contribution in [0.15, 0.2) is 53.4 Å². The normalized spacial score (nSPS) is 18.4. The monoisotopic (exact) mass is 388 g/mol. The van der Waals surface area contributed by atoms with Crippen molar-refractivity contribution in [1.82, 2.24) is 9.29 Å². The number of nitrogens with zero attached hydrogens (tertiary/aromatic N) is 1. The summed E-state index contributed by atoms with van der Waals surface area (Å²) < 4.78 is 28.3. The fourth-order valence-corrected chi connectivity index (χ4v) is 5.78. The predicted octanol–water partition coefficient (Wildman–Crippen LogP) is 4.77. The largest absolute Gasteiger partial charge is 0.357 e. The summed E-state index contributed by atoms with van der Waals surface area (Å²) in [5.41, 5.74) is 3.32. The van der Waals surface area contributed by atoms with Gasteiger partial charge in [0.25, 0.3) is 0 Å². The highest BCUT2D eigenvalue weighted by Crippen LogP contribution is 2.41. The average molecular weight is 389 g/mol. The van der Waals surface area contributed by atoms with Crippen LogP contribution in [0.25, 0.3) is 10.9 Å². The van der Waals surface area contributed by atoms with Gasteiger partial charge in [-0.05, 0) is 48.2 Å². The Balaban J connectivity index is 1.84. The molecule has 0 saturated carbocycles. The van der Waals surface area contributed by atoms with Crippen molar-refractivity contribution < 1.29 is 8.42 Å². The predicted molar refractivity (Wildman–Crippen MR) is 105 cm³/mol. The second-order valence-electron chi connectivity index (χ2n) is 7.07. The first-order valence-electron chi connectivity index (χ1n) is 8.76. The van der Waals surface area contributed by atoms with Gasteiger partial charge in [0.15, 0.2) is 0 Å². The lowest BCUT2D eigenvalue weighted by Gasteiger charge is -2.37. The van der Waals surface area contributed by atoms with E-state index in [1.54, 1.807) is 28.6 Å². The number of aromatic nitrogens is 1. The third kappa shape index (κ3) is 2.75. The summed E-state index contributed by atoms with van der Waals surface area (Å²) >= 11 is 5.93. The van der Waals surface area contributed by atoms with Crippen LogP contribution in [0.4, 0.5) is 0 Å². The molecule has 1 aliphatic heterocycles. The quantitative estimate of drug-likeness (QED) is 0.702. The first-order chi connectivity index (χ1) is 12.4. The number of sulfonamides is 1. The number of nitrogens with one attached hydrogen (secondary N) is 1. The Morgan fingerprint density at radius 2 is 1.81 bits per heavy atom. The van der Waals surface area contributed by atoms with Crippen molar-refractivity contribution >= 4 is 32.5 Å². The highest BCUT2D eigenvalue weighted by molar-refractivity contribution is 7.89. The van der Waals surface area contributed by atoms with E-state index >= 15 is 0 Å². The molecule has 1 aromatic heterocycles. The third-order valence-electron chi connectivity index (χ3n) is 5.09. The van der Waals surface area contributed by atoms with Gasteiger partial charge in [-0.1, -0.05) is 43.6 Å². The lowest BCUT2D eigenvalue weighted by molar-refractivity contribution is 0.244. The topological polar surface area (TPSA) is 53.2 Å². The second-order valence-corrected chi connectivity index (χ2v) is 9.40. The molecule has 0 spiro atoms. The molecule has 1 N–H and O–H groups in total. The molecular weight excluding hydrogens is 368 g/mol. The molecule has 4 nitrogen and oxygen atoms in total. The van der Waals surface area contributed by atoms with Gasteiger partial charge in [0, 0.05) is 28.2 Å². The molecule has 3 aromatic rings. The molecule has 0 saturated heterocycles. The number of benzene rings is 2. The number of hydrogen-bond acceptors (Lipinski definition) is 2. The first-order valence-corrected chi connectivity index (χ1v) is 10.6. The number of fused-ring (bicyclic) bond motifs is 3. The summed E-state index contributed by atoms with van der Waals surface area (Å²) in [6.07, 6.45) is 0.704. The van der Waals surface area contributed by atoms with Gasteiger partial charge in [0.1, 0.15) is 0 Å². The molecule has 4 rings (SSSR count). The lowest BCUT2D eigenvalue weighted by atomic mass is 9.92. The summed E-state index contributed by atoms with van der Waals surface area (Å²) in [4.78, 5) is 3.77. The minimum absolute atomic E-state index is 0.143. The highest BCUT2D eigenvalue weighted by Gasteiger charge is 2.39. The average Bonchev–Trinajstić information content (AvgIpc) is 2.99. The molecule has 2 aromatic carbocycles. The van der Waals surface area contributed by atoms with E-state index in [-0.39, 0.29) is 16.9 Å². The van der Waals surface area contributed by atoms with Crippen LogP contribution in [0.1, 0.15) is 31.1 Å². The molecule has 136 valence electrons. The standard InChI is InChI=1S/C20H21ClN2O2S/c1-13(2)20-19-17(16-5-3-4-6-18(16)22-19)11-12-23(20)26(24,25)15-9-7-14(21)8-10-15/h3-10,13,20,22H,11-12H2,1-2H3. The van der Waals surface area contributed by atoms with Crippen molar-refractivity contribution in [3.8, 4) is 0 Å². The van der Waals surface area contributed by atoms with E-state index in [1.807, 2.05) is 18.2 Å². The molecule has 6 heteroatoms. The van der Waals surface area contributed by atoms with E-state index in [9.17, 15) is 8.42 Å². The van der Waals surface area contributed by atoms with Crippen LogP contribution in [0, 0.1) is 5.92 Å². The van der Waals surface area contributed by atoms with Crippen molar-refractivity contribution in [1.29, 1.82) is 0 Å². The first kappa shape index (κ1) is 17.6. The van der Waals surface area contributed by atoms with E-state index in [2.05, 4.69) is 24.9 Å². The van der Waals surface area contributed by atoms with Crippen molar-refractivity contribution in [2.75, 3.05) is 6.54 Å². The third-order valence-corrected chi connectivity index (χ3v) is 7.23. The molecule has 0 fully saturated rings. The summed E-state index contributed by atoms with van der Waals surface area (Å²) in [7, 11) is -3.60. The molecule has 2 heterocycles. The van der Waals surface area contributed by atoms with E-state index in [0.29, 0.717) is 18.0 Å². The van der Waals surface area contributed by atoms with Gasteiger partial charge in [-0.25, -0.2) is 8.42 Å². The van der Waals surface area contributed by atoms with Crippen LogP contribution < -0.4 is 0 Å². The van der Waals surface area contributed by atoms with Crippen molar-refractivity contribution in [2.45, 2.75) is 31.2 Å². The van der Waals surface area contributed by atoms with Gasteiger partial charge in [-0.2, -0.15) is 4.31 Å². The van der Waals surface area contributed by atoms with Gasteiger partial charge in [-0.15, -0.1) is 0 Å². The molecule has 1 atom stereocenters. The SMILES string of the molecule is CC(C)C1c2[nH]c3ccccc3c2CCN1S(=O)(=O)c1ccc(Cl)cc1. The van der Waals surface area contributed by atoms with E-state index in [4.69, 9.17) is 11.6 Å². The Hall–Kier alpha value is -1.82. The van der Waals surface area contributed by atoms with Gasteiger partial charge in [0.2, 0.25) is 10.0 Å². The van der Waals surface area contributed by atoms with Crippen LogP contribution >= 0.6 is 11.6 Å². The summed E-state index contributed by atoms with van der Waals surface area (Å²) in [6.45, 7) is 4.61. The van der Waals surface area contributed by atoms with Crippen LogP contribution in [0.3, 0.4) is 0 Å². The number of rotatable bonds is 3. The van der Waals surface area contributed by atoms with Crippen molar-refractivity contribution in [3.05, 3.63) is 64.8 Å².